The fourth-order valence-corrected chi connectivity index (χ4v) is 4.39. The molecule has 1 N–H and O–H groups in total. The van der Waals surface area contributed by atoms with Crippen molar-refractivity contribution in [3.63, 3.8) is 0 Å². The highest BCUT2D eigenvalue weighted by Crippen LogP contribution is 2.25. The topological polar surface area (TPSA) is 74.2 Å². The number of benzene rings is 2. The van der Waals surface area contributed by atoms with Crippen molar-refractivity contribution in [3.05, 3.63) is 65.5 Å². The van der Waals surface area contributed by atoms with Crippen LogP contribution in [-0.4, -0.2) is 63.9 Å². The van der Waals surface area contributed by atoms with Crippen LogP contribution < -0.4 is 5.32 Å². The number of hydrogen-bond acceptors (Lipinski definition) is 4. The number of hydrogen-bond donors (Lipinski definition) is 1. The fraction of sp³-hybridized carbons (Fsp3) is 0.409. The van der Waals surface area contributed by atoms with Gasteiger partial charge in [-0.05, 0) is 42.3 Å². The van der Waals surface area contributed by atoms with Crippen LogP contribution in [0.3, 0.4) is 0 Å². The lowest BCUT2D eigenvalue weighted by atomic mass is 10.1. The van der Waals surface area contributed by atoms with E-state index < -0.39 is 10.0 Å². The molecule has 2 atom stereocenters. The molecule has 1 saturated heterocycles. The molecule has 10 heteroatoms. The molecule has 176 valence electrons. The van der Waals surface area contributed by atoms with E-state index in [0.717, 1.165) is 17.1 Å². The Morgan fingerprint density at radius 2 is 1.78 bits per heavy atom. The molecule has 3 rings (SSSR count). The van der Waals surface area contributed by atoms with Crippen molar-refractivity contribution in [1.29, 1.82) is 0 Å². The van der Waals surface area contributed by atoms with Gasteiger partial charge in [0, 0.05) is 34.2 Å². The van der Waals surface area contributed by atoms with E-state index in [1.165, 1.54) is 30.5 Å². The Balaban J connectivity index is 0.00000363. The van der Waals surface area contributed by atoms with E-state index in [4.69, 9.17) is 4.74 Å². The van der Waals surface area contributed by atoms with Crippen molar-refractivity contribution < 1.29 is 17.5 Å². The molecule has 1 heterocycles. The van der Waals surface area contributed by atoms with Gasteiger partial charge in [-0.15, -0.1) is 24.0 Å². The van der Waals surface area contributed by atoms with Crippen LogP contribution in [0.1, 0.15) is 24.2 Å². The second kappa shape index (κ2) is 11.4. The number of nitrogens with zero attached hydrogens (tertiary/aromatic N) is 3. The van der Waals surface area contributed by atoms with Crippen molar-refractivity contribution in [1.82, 2.24) is 14.5 Å². The first-order valence-electron chi connectivity index (χ1n) is 10.1. The van der Waals surface area contributed by atoms with Crippen LogP contribution in [0.2, 0.25) is 0 Å². The molecule has 0 spiro atoms. The quantitative estimate of drug-likeness (QED) is 0.336. The molecule has 0 amide bonds. The monoisotopic (exact) mass is 576 g/mol. The van der Waals surface area contributed by atoms with E-state index in [-0.39, 0.29) is 46.9 Å². The lowest BCUT2D eigenvalue weighted by molar-refractivity contribution is -0.0605. The van der Waals surface area contributed by atoms with E-state index in [1.807, 2.05) is 6.92 Å². The molecule has 1 fully saturated rings. The van der Waals surface area contributed by atoms with Crippen LogP contribution in [0.25, 0.3) is 0 Å². The van der Waals surface area contributed by atoms with Gasteiger partial charge in [0.2, 0.25) is 10.0 Å². The standard InChI is InChI=1S/C22H29FN4O3S.HI/c1-16-14-27(15-21(30-16)18-7-9-19(23)10-8-18)22(24-2)25-13-17-5-11-20(12-6-17)31(28,29)26(3)4;/h5-12,16,21H,13-15H2,1-4H3,(H,24,25);1H. The molecule has 32 heavy (non-hydrogen) atoms. The lowest BCUT2D eigenvalue weighted by Crippen LogP contribution is -2.50. The summed E-state index contributed by atoms with van der Waals surface area (Å²) in [5.74, 6) is 0.457. The van der Waals surface area contributed by atoms with E-state index in [0.29, 0.717) is 19.6 Å². The maximum absolute atomic E-state index is 13.3. The van der Waals surface area contributed by atoms with Gasteiger partial charge in [0.25, 0.3) is 0 Å². The Bertz CT molecular complexity index is 1010. The first kappa shape index (κ1) is 26.5. The molecule has 0 radical (unpaired) electrons. The molecule has 7 nitrogen and oxygen atoms in total. The van der Waals surface area contributed by atoms with E-state index in [9.17, 15) is 12.8 Å². The highest BCUT2D eigenvalue weighted by molar-refractivity contribution is 14.0. The zero-order chi connectivity index (χ0) is 22.6. The number of sulfonamides is 1. The van der Waals surface area contributed by atoms with Crippen molar-refractivity contribution in [2.75, 3.05) is 34.2 Å². The Morgan fingerprint density at radius 3 is 2.34 bits per heavy atom. The molecule has 0 saturated carbocycles. The number of nitrogens with one attached hydrogen (secondary N) is 1. The number of rotatable bonds is 5. The van der Waals surface area contributed by atoms with Gasteiger partial charge >= 0.3 is 0 Å². The van der Waals surface area contributed by atoms with E-state index in [1.54, 1.807) is 43.4 Å². The van der Waals surface area contributed by atoms with Gasteiger partial charge in [0.15, 0.2) is 5.96 Å². The molecule has 0 aliphatic carbocycles. The SMILES string of the molecule is CN=C(NCc1ccc(S(=O)(=O)N(C)C)cc1)N1CC(C)OC(c2ccc(F)cc2)C1.I. The maximum Gasteiger partial charge on any atom is 0.242 e. The minimum absolute atomic E-state index is 0. The minimum Gasteiger partial charge on any atom is -0.367 e. The largest absolute Gasteiger partial charge is 0.367 e. The molecular formula is C22H30FIN4O3S. The summed E-state index contributed by atoms with van der Waals surface area (Å²) in [5.41, 5.74) is 1.86. The smallest absolute Gasteiger partial charge is 0.242 e. The summed E-state index contributed by atoms with van der Waals surface area (Å²) in [6.07, 6.45) is -0.198. The molecule has 2 aromatic rings. The third-order valence-corrected chi connectivity index (χ3v) is 7.00. The van der Waals surface area contributed by atoms with Crippen molar-refractivity contribution in [3.8, 4) is 0 Å². The van der Waals surface area contributed by atoms with Gasteiger partial charge in [-0.1, -0.05) is 24.3 Å². The fourth-order valence-electron chi connectivity index (χ4n) is 3.49. The predicted octanol–water partition coefficient (Wildman–Crippen LogP) is 3.23. The molecule has 1 aliphatic heterocycles. The maximum atomic E-state index is 13.3. The van der Waals surface area contributed by atoms with E-state index in [2.05, 4.69) is 15.2 Å². The van der Waals surface area contributed by atoms with Crippen molar-refractivity contribution >= 4 is 40.0 Å². The van der Waals surface area contributed by atoms with Gasteiger partial charge in [-0.2, -0.15) is 0 Å². The molecule has 0 bridgehead atoms. The zero-order valence-electron chi connectivity index (χ0n) is 18.7. The number of guanidine groups is 1. The first-order chi connectivity index (χ1) is 14.7. The van der Waals surface area contributed by atoms with Crippen molar-refractivity contribution in [2.45, 2.75) is 30.6 Å². The van der Waals surface area contributed by atoms with Crippen LogP contribution in [-0.2, 0) is 21.3 Å². The average molecular weight is 576 g/mol. The van der Waals surface area contributed by atoms with Crippen LogP contribution >= 0.6 is 24.0 Å². The Hall–Kier alpha value is -1.76. The number of aliphatic imine (C=N–C) groups is 1. The summed E-state index contributed by atoms with van der Waals surface area (Å²) < 4.78 is 44.9. The van der Waals surface area contributed by atoms with Gasteiger partial charge in [0.05, 0.1) is 17.5 Å². The normalized spacial score (nSPS) is 19.6. The molecule has 2 unspecified atom stereocenters. The minimum atomic E-state index is -3.44. The summed E-state index contributed by atoms with van der Waals surface area (Å²) >= 11 is 0. The molecule has 2 aromatic carbocycles. The van der Waals surface area contributed by atoms with Gasteiger partial charge < -0.3 is 15.0 Å². The van der Waals surface area contributed by atoms with Crippen molar-refractivity contribution in [2.24, 2.45) is 4.99 Å². The van der Waals surface area contributed by atoms with Crippen LogP contribution in [0, 0.1) is 5.82 Å². The molecule has 0 aromatic heterocycles. The predicted molar refractivity (Wildman–Crippen MR) is 134 cm³/mol. The average Bonchev–Trinajstić information content (AvgIpc) is 2.74. The molecule has 1 aliphatic rings. The van der Waals surface area contributed by atoms with Gasteiger partial charge in [0.1, 0.15) is 11.9 Å². The number of halogens is 2. The van der Waals surface area contributed by atoms with Crippen LogP contribution in [0.15, 0.2) is 58.4 Å². The van der Waals surface area contributed by atoms with Gasteiger partial charge in [-0.25, -0.2) is 17.1 Å². The highest BCUT2D eigenvalue weighted by Gasteiger charge is 2.28. The van der Waals surface area contributed by atoms with Crippen LogP contribution in [0.4, 0.5) is 4.39 Å². The second-order valence-corrected chi connectivity index (χ2v) is 9.88. The lowest BCUT2D eigenvalue weighted by Gasteiger charge is -2.38. The zero-order valence-corrected chi connectivity index (χ0v) is 21.8. The highest BCUT2D eigenvalue weighted by atomic mass is 127. The number of morpholine rings is 1. The van der Waals surface area contributed by atoms with Crippen LogP contribution in [0.5, 0.6) is 0 Å². The number of ether oxygens (including phenoxy) is 1. The Kier molecular flexibility index (Phi) is 9.43. The second-order valence-electron chi connectivity index (χ2n) is 7.72. The Labute approximate surface area is 206 Å². The summed E-state index contributed by atoms with van der Waals surface area (Å²) in [4.78, 5) is 6.77. The first-order valence-corrected chi connectivity index (χ1v) is 11.5. The van der Waals surface area contributed by atoms with Gasteiger partial charge in [-0.3, -0.25) is 4.99 Å². The summed E-state index contributed by atoms with van der Waals surface area (Å²) in [6.45, 7) is 3.77. The third-order valence-electron chi connectivity index (χ3n) is 5.17. The summed E-state index contributed by atoms with van der Waals surface area (Å²) in [5, 5.41) is 3.34. The van der Waals surface area contributed by atoms with E-state index >= 15 is 0 Å². The third kappa shape index (κ3) is 6.40. The summed E-state index contributed by atoms with van der Waals surface area (Å²) in [6, 6.07) is 13.2. The molecular weight excluding hydrogens is 546 g/mol. The Morgan fingerprint density at radius 1 is 1.16 bits per heavy atom. The summed E-state index contributed by atoms with van der Waals surface area (Å²) in [7, 11) is 1.30.